The highest BCUT2D eigenvalue weighted by Crippen LogP contribution is 2.31. The van der Waals surface area contributed by atoms with Crippen LogP contribution in [0.15, 0.2) is 29.3 Å². The topological polar surface area (TPSA) is 66.0 Å². The minimum atomic E-state index is -0.0235. The van der Waals surface area contributed by atoms with Gasteiger partial charge in [-0.2, -0.15) is 0 Å². The van der Waals surface area contributed by atoms with Crippen molar-refractivity contribution in [3.63, 3.8) is 0 Å². The van der Waals surface area contributed by atoms with Crippen LogP contribution in [0.1, 0.15) is 24.9 Å². The van der Waals surface area contributed by atoms with Gasteiger partial charge in [0, 0.05) is 32.6 Å². The molecule has 1 aromatic rings. The molecule has 1 aliphatic rings. The summed E-state index contributed by atoms with van der Waals surface area (Å²) in [6.07, 6.45) is 0.864. The number of hydrogen-bond donors (Lipinski definition) is 2. The van der Waals surface area contributed by atoms with Gasteiger partial charge in [-0.15, -0.1) is 24.0 Å². The van der Waals surface area contributed by atoms with Crippen LogP contribution < -0.4 is 15.4 Å². The lowest BCUT2D eigenvalue weighted by molar-refractivity contribution is -0.127. The second kappa shape index (κ2) is 9.59. The third kappa shape index (κ3) is 5.56. The number of carbonyl (C=O) groups excluding carboxylic acids is 1. The molecule has 0 aromatic heterocycles. The minimum Gasteiger partial charge on any atom is -0.493 e. The third-order valence-corrected chi connectivity index (χ3v) is 3.48. The summed E-state index contributed by atoms with van der Waals surface area (Å²) in [7, 11) is 3.46. The van der Waals surface area contributed by atoms with Crippen LogP contribution in [-0.4, -0.2) is 50.6 Å². The molecule has 0 spiro atoms. The highest BCUT2D eigenvalue weighted by molar-refractivity contribution is 14.0. The molecule has 0 aliphatic carbocycles. The molecule has 2 N–H and O–H groups in total. The van der Waals surface area contributed by atoms with E-state index in [0.717, 1.165) is 24.3 Å². The van der Waals surface area contributed by atoms with Gasteiger partial charge in [0.05, 0.1) is 12.6 Å². The largest absolute Gasteiger partial charge is 0.493 e. The summed E-state index contributed by atoms with van der Waals surface area (Å²) < 4.78 is 5.66. The third-order valence-electron chi connectivity index (χ3n) is 3.48. The Labute approximate surface area is 154 Å². The van der Waals surface area contributed by atoms with Crippen molar-refractivity contribution < 1.29 is 9.53 Å². The van der Waals surface area contributed by atoms with Crippen molar-refractivity contribution >= 4 is 35.8 Å². The highest BCUT2D eigenvalue weighted by Gasteiger charge is 2.21. The average Bonchev–Trinajstić information content (AvgIpc) is 2.52. The number of nitrogens with zero attached hydrogens (tertiary/aromatic N) is 2. The molecule has 0 bridgehead atoms. The van der Waals surface area contributed by atoms with Crippen LogP contribution >= 0.6 is 24.0 Å². The molecule has 1 aliphatic heterocycles. The molecule has 128 valence electrons. The van der Waals surface area contributed by atoms with Crippen LogP contribution in [0.25, 0.3) is 0 Å². The van der Waals surface area contributed by atoms with E-state index in [-0.39, 0.29) is 42.5 Å². The molecule has 1 amide bonds. The van der Waals surface area contributed by atoms with Crippen molar-refractivity contribution in [3.8, 4) is 5.75 Å². The van der Waals surface area contributed by atoms with Crippen molar-refractivity contribution in [1.29, 1.82) is 0 Å². The summed E-state index contributed by atoms with van der Waals surface area (Å²) >= 11 is 0. The SMILES string of the molecule is CCNC(=NCC(=O)N(C)C)NC1CCOc2ccccc21.I. The molecule has 1 heterocycles. The lowest BCUT2D eigenvalue weighted by atomic mass is 10.0. The standard InChI is InChI=1S/C16H24N4O2.HI/c1-4-17-16(18-11-15(21)20(2)3)19-13-9-10-22-14-8-6-5-7-12(13)14;/h5-8,13H,4,9-11H2,1-3H3,(H2,17,18,19);1H. The van der Waals surface area contributed by atoms with Gasteiger partial charge in [-0.3, -0.25) is 4.79 Å². The van der Waals surface area contributed by atoms with Crippen molar-refractivity contribution in [2.45, 2.75) is 19.4 Å². The molecule has 0 fully saturated rings. The van der Waals surface area contributed by atoms with E-state index < -0.39 is 0 Å². The number of ether oxygens (including phenoxy) is 1. The molecule has 0 saturated carbocycles. The number of likely N-dealkylation sites (N-methyl/N-ethyl adjacent to an activating group) is 1. The Balaban J connectivity index is 0.00000264. The molecule has 1 aromatic carbocycles. The first-order valence-electron chi connectivity index (χ1n) is 7.58. The quantitative estimate of drug-likeness (QED) is 0.433. The molecule has 2 rings (SSSR count). The molecule has 7 heteroatoms. The second-order valence-electron chi connectivity index (χ2n) is 5.36. The predicted molar refractivity (Wildman–Crippen MR) is 103 cm³/mol. The van der Waals surface area contributed by atoms with E-state index in [0.29, 0.717) is 12.6 Å². The lowest BCUT2D eigenvalue weighted by Crippen LogP contribution is -2.41. The van der Waals surface area contributed by atoms with Gasteiger partial charge in [-0.1, -0.05) is 18.2 Å². The fraction of sp³-hybridized carbons (Fsp3) is 0.500. The zero-order valence-electron chi connectivity index (χ0n) is 13.8. The summed E-state index contributed by atoms with van der Waals surface area (Å²) in [5, 5.41) is 6.58. The van der Waals surface area contributed by atoms with Gasteiger partial charge in [0.1, 0.15) is 12.3 Å². The first kappa shape index (κ1) is 19.5. The van der Waals surface area contributed by atoms with E-state index in [1.54, 1.807) is 14.1 Å². The first-order chi connectivity index (χ1) is 10.6. The van der Waals surface area contributed by atoms with Gasteiger partial charge in [0.25, 0.3) is 0 Å². The van der Waals surface area contributed by atoms with Crippen LogP contribution in [0, 0.1) is 0 Å². The maximum Gasteiger partial charge on any atom is 0.243 e. The second-order valence-corrected chi connectivity index (χ2v) is 5.36. The monoisotopic (exact) mass is 432 g/mol. The molecular formula is C16H25IN4O2. The summed E-state index contributed by atoms with van der Waals surface area (Å²) in [4.78, 5) is 17.6. The van der Waals surface area contributed by atoms with Gasteiger partial charge in [0.15, 0.2) is 5.96 Å². The Hall–Kier alpha value is -1.51. The molecule has 0 saturated heterocycles. The maximum absolute atomic E-state index is 11.7. The van der Waals surface area contributed by atoms with Crippen molar-refractivity contribution in [3.05, 3.63) is 29.8 Å². The summed E-state index contributed by atoms with van der Waals surface area (Å²) in [5.41, 5.74) is 1.12. The zero-order chi connectivity index (χ0) is 15.9. The number of para-hydroxylation sites is 1. The first-order valence-corrected chi connectivity index (χ1v) is 7.58. The number of benzene rings is 1. The van der Waals surface area contributed by atoms with E-state index in [1.807, 2.05) is 25.1 Å². The van der Waals surface area contributed by atoms with Gasteiger partial charge >= 0.3 is 0 Å². The normalized spacial score (nSPS) is 16.5. The summed E-state index contributed by atoms with van der Waals surface area (Å²) in [5.74, 6) is 1.54. The van der Waals surface area contributed by atoms with Crippen molar-refractivity contribution in [1.82, 2.24) is 15.5 Å². The Kier molecular flexibility index (Phi) is 8.15. The summed E-state index contributed by atoms with van der Waals surface area (Å²) in [6.45, 7) is 3.55. The zero-order valence-corrected chi connectivity index (χ0v) is 16.2. The lowest BCUT2D eigenvalue weighted by Gasteiger charge is -2.28. The number of guanidine groups is 1. The van der Waals surface area contributed by atoms with Gasteiger partial charge in [-0.05, 0) is 13.0 Å². The number of amides is 1. The Morgan fingerprint density at radius 1 is 1.39 bits per heavy atom. The van der Waals surface area contributed by atoms with Gasteiger partial charge in [0.2, 0.25) is 5.91 Å². The van der Waals surface area contributed by atoms with Crippen LogP contribution in [0.4, 0.5) is 0 Å². The number of carbonyl (C=O) groups is 1. The van der Waals surface area contributed by atoms with E-state index in [9.17, 15) is 4.79 Å². The average molecular weight is 432 g/mol. The molecular weight excluding hydrogens is 407 g/mol. The van der Waals surface area contributed by atoms with E-state index >= 15 is 0 Å². The number of rotatable bonds is 4. The number of hydrogen-bond acceptors (Lipinski definition) is 3. The van der Waals surface area contributed by atoms with E-state index in [1.165, 1.54) is 4.90 Å². The van der Waals surface area contributed by atoms with Gasteiger partial charge < -0.3 is 20.3 Å². The van der Waals surface area contributed by atoms with Crippen LogP contribution in [-0.2, 0) is 4.79 Å². The number of nitrogens with one attached hydrogen (secondary N) is 2. The number of fused-ring (bicyclic) bond motifs is 1. The molecule has 0 radical (unpaired) electrons. The smallest absolute Gasteiger partial charge is 0.243 e. The maximum atomic E-state index is 11.7. The van der Waals surface area contributed by atoms with Crippen molar-refractivity contribution in [2.24, 2.45) is 4.99 Å². The van der Waals surface area contributed by atoms with Gasteiger partial charge in [-0.25, -0.2) is 4.99 Å². The number of aliphatic imine (C=N–C) groups is 1. The highest BCUT2D eigenvalue weighted by atomic mass is 127. The molecule has 6 nitrogen and oxygen atoms in total. The van der Waals surface area contributed by atoms with E-state index in [2.05, 4.69) is 21.7 Å². The minimum absolute atomic E-state index is 0. The molecule has 1 unspecified atom stereocenters. The summed E-state index contributed by atoms with van der Waals surface area (Å²) in [6, 6.07) is 8.14. The van der Waals surface area contributed by atoms with Crippen molar-refractivity contribution in [2.75, 3.05) is 33.8 Å². The predicted octanol–water partition coefficient (Wildman–Crippen LogP) is 1.77. The number of halogens is 1. The molecule has 23 heavy (non-hydrogen) atoms. The fourth-order valence-electron chi connectivity index (χ4n) is 2.27. The molecule has 1 atom stereocenters. The fourth-order valence-corrected chi connectivity index (χ4v) is 2.27. The van der Waals surface area contributed by atoms with Crippen LogP contribution in [0.5, 0.6) is 5.75 Å². The van der Waals surface area contributed by atoms with Crippen LogP contribution in [0.3, 0.4) is 0 Å². The Morgan fingerprint density at radius 3 is 2.83 bits per heavy atom. The van der Waals surface area contributed by atoms with Crippen LogP contribution in [0.2, 0.25) is 0 Å². The van der Waals surface area contributed by atoms with E-state index in [4.69, 9.17) is 4.74 Å². The Bertz CT molecular complexity index is 549. The Morgan fingerprint density at radius 2 is 2.13 bits per heavy atom.